The monoisotopic (exact) mass is 539 g/mol. The average Bonchev–Trinajstić information content (AvgIpc) is 3.67. The van der Waals surface area contributed by atoms with Crippen molar-refractivity contribution in [3.8, 4) is 45.4 Å². The Labute approximate surface area is 243 Å². The molecular weight excluding hydrogens is 514 g/mol. The molecule has 0 saturated heterocycles. The Morgan fingerprint density at radius 3 is 1.93 bits per heavy atom. The standard InChI is InChI=1S/C37H25N5/c1-3-12-28(13-4-1)41-34-20-8-7-16-31(34)32-18-11-17-30(35(32)41)26-21-23-27(24-22-26)36-39-37(33-19-9-10-25-38-33)42(40-36)29-14-5-2-6-15-29/h1-25H. The van der Waals surface area contributed by atoms with Crippen LogP contribution in [0.3, 0.4) is 0 Å². The molecule has 0 N–H and O–H groups in total. The van der Waals surface area contributed by atoms with Gasteiger partial charge in [0.1, 0.15) is 5.69 Å². The third-order valence-corrected chi connectivity index (χ3v) is 7.67. The maximum atomic E-state index is 4.95. The van der Waals surface area contributed by atoms with Crippen LogP contribution in [0.5, 0.6) is 0 Å². The van der Waals surface area contributed by atoms with Gasteiger partial charge in [0, 0.05) is 33.8 Å². The zero-order valence-corrected chi connectivity index (χ0v) is 22.7. The number of benzene rings is 5. The molecule has 8 aromatic rings. The first-order valence-corrected chi connectivity index (χ1v) is 14.0. The lowest BCUT2D eigenvalue weighted by atomic mass is 10.0. The van der Waals surface area contributed by atoms with Crippen LogP contribution in [0.2, 0.25) is 0 Å². The van der Waals surface area contributed by atoms with E-state index in [0.717, 1.165) is 28.2 Å². The lowest BCUT2D eigenvalue weighted by Crippen LogP contribution is -2.00. The van der Waals surface area contributed by atoms with Gasteiger partial charge in [-0.2, -0.15) is 0 Å². The fourth-order valence-corrected chi connectivity index (χ4v) is 5.74. The van der Waals surface area contributed by atoms with Crippen molar-refractivity contribution in [2.45, 2.75) is 0 Å². The van der Waals surface area contributed by atoms with Gasteiger partial charge < -0.3 is 4.57 Å². The van der Waals surface area contributed by atoms with Crippen molar-refractivity contribution in [2.75, 3.05) is 0 Å². The van der Waals surface area contributed by atoms with Crippen LogP contribution in [0.4, 0.5) is 0 Å². The van der Waals surface area contributed by atoms with Crippen molar-refractivity contribution in [2.24, 2.45) is 0 Å². The summed E-state index contributed by atoms with van der Waals surface area (Å²) < 4.78 is 4.24. The molecule has 5 heteroatoms. The highest BCUT2D eigenvalue weighted by Crippen LogP contribution is 2.38. The van der Waals surface area contributed by atoms with Gasteiger partial charge in [0.05, 0.1) is 16.7 Å². The van der Waals surface area contributed by atoms with Gasteiger partial charge in [-0.25, -0.2) is 9.67 Å². The van der Waals surface area contributed by atoms with Crippen molar-refractivity contribution in [3.05, 3.63) is 152 Å². The van der Waals surface area contributed by atoms with Crippen molar-refractivity contribution in [1.29, 1.82) is 0 Å². The number of nitrogens with zero attached hydrogens (tertiary/aromatic N) is 5. The molecule has 0 unspecified atom stereocenters. The second kappa shape index (κ2) is 9.98. The maximum Gasteiger partial charge on any atom is 0.182 e. The number of aromatic nitrogens is 5. The molecule has 5 aromatic carbocycles. The van der Waals surface area contributed by atoms with Gasteiger partial charge in [-0.3, -0.25) is 4.98 Å². The first kappa shape index (κ1) is 24.0. The van der Waals surface area contributed by atoms with Crippen LogP contribution in [-0.4, -0.2) is 24.3 Å². The third kappa shape index (κ3) is 3.99. The average molecular weight is 540 g/mol. The molecule has 0 amide bonds. The normalized spacial score (nSPS) is 11.3. The Balaban J connectivity index is 1.27. The largest absolute Gasteiger partial charge is 0.309 e. The Morgan fingerprint density at radius 1 is 0.500 bits per heavy atom. The Hall–Kier alpha value is -5.81. The number of fused-ring (bicyclic) bond motifs is 3. The summed E-state index contributed by atoms with van der Waals surface area (Å²) in [6, 6.07) is 50.2. The lowest BCUT2D eigenvalue weighted by Gasteiger charge is -2.12. The van der Waals surface area contributed by atoms with Crippen molar-refractivity contribution >= 4 is 21.8 Å². The molecule has 42 heavy (non-hydrogen) atoms. The molecule has 0 aliphatic heterocycles. The van der Waals surface area contributed by atoms with E-state index in [1.54, 1.807) is 6.20 Å². The second-order valence-corrected chi connectivity index (χ2v) is 10.2. The smallest absolute Gasteiger partial charge is 0.182 e. The lowest BCUT2D eigenvalue weighted by molar-refractivity contribution is 0.886. The zero-order valence-electron chi connectivity index (χ0n) is 22.7. The third-order valence-electron chi connectivity index (χ3n) is 7.67. The number of hydrogen-bond donors (Lipinski definition) is 0. The van der Waals surface area contributed by atoms with E-state index in [-0.39, 0.29) is 0 Å². The molecule has 3 aromatic heterocycles. The maximum absolute atomic E-state index is 4.95. The van der Waals surface area contributed by atoms with E-state index in [1.807, 2.05) is 53.2 Å². The van der Waals surface area contributed by atoms with Crippen LogP contribution >= 0.6 is 0 Å². The fourth-order valence-electron chi connectivity index (χ4n) is 5.74. The van der Waals surface area contributed by atoms with Crippen LogP contribution < -0.4 is 0 Å². The first-order chi connectivity index (χ1) is 20.8. The summed E-state index contributed by atoms with van der Waals surface area (Å²) in [5.41, 5.74) is 8.51. The van der Waals surface area contributed by atoms with E-state index in [9.17, 15) is 0 Å². The van der Waals surface area contributed by atoms with E-state index >= 15 is 0 Å². The van der Waals surface area contributed by atoms with E-state index in [0.29, 0.717) is 11.6 Å². The predicted molar refractivity (Wildman–Crippen MR) is 170 cm³/mol. The summed E-state index contributed by atoms with van der Waals surface area (Å²) in [6.45, 7) is 0. The van der Waals surface area contributed by atoms with Crippen LogP contribution in [0.25, 0.3) is 67.2 Å². The molecule has 0 saturated carbocycles. The summed E-state index contributed by atoms with van der Waals surface area (Å²) in [7, 11) is 0. The molecule has 8 rings (SSSR count). The van der Waals surface area contributed by atoms with Gasteiger partial charge in [0.15, 0.2) is 11.6 Å². The number of para-hydroxylation sites is 4. The van der Waals surface area contributed by atoms with Gasteiger partial charge in [-0.05, 0) is 48.0 Å². The fraction of sp³-hybridized carbons (Fsp3) is 0. The van der Waals surface area contributed by atoms with Crippen LogP contribution in [0.1, 0.15) is 0 Å². The van der Waals surface area contributed by atoms with E-state index < -0.39 is 0 Å². The van der Waals surface area contributed by atoms with Crippen LogP contribution in [-0.2, 0) is 0 Å². The summed E-state index contributed by atoms with van der Waals surface area (Å²) in [5, 5.41) is 7.40. The number of hydrogen-bond acceptors (Lipinski definition) is 3. The molecule has 0 aliphatic carbocycles. The molecular formula is C37H25N5. The minimum atomic E-state index is 0.655. The SMILES string of the molecule is c1ccc(-n2nc(-c3ccc(-c4cccc5c6ccccc6n(-c6ccccc6)c45)cc3)nc2-c2ccccn2)cc1. The molecule has 5 nitrogen and oxygen atoms in total. The van der Waals surface area contributed by atoms with Crippen LogP contribution in [0, 0.1) is 0 Å². The minimum absolute atomic E-state index is 0.655. The highest BCUT2D eigenvalue weighted by atomic mass is 15.4. The van der Waals surface area contributed by atoms with Crippen LogP contribution in [0.15, 0.2) is 152 Å². The molecule has 0 spiro atoms. The summed E-state index contributed by atoms with van der Waals surface area (Å²) in [6.07, 6.45) is 1.78. The van der Waals surface area contributed by atoms with Crippen molar-refractivity contribution in [1.82, 2.24) is 24.3 Å². The summed E-state index contributed by atoms with van der Waals surface area (Å²) in [5.74, 6) is 1.36. The highest BCUT2D eigenvalue weighted by molar-refractivity contribution is 6.13. The van der Waals surface area contributed by atoms with E-state index in [2.05, 4.69) is 107 Å². The Morgan fingerprint density at radius 2 is 1.17 bits per heavy atom. The van der Waals surface area contributed by atoms with Gasteiger partial charge in [-0.15, -0.1) is 5.10 Å². The summed E-state index contributed by atoms with van der Waals surface area (Å²) >= 11 is 0. The molecule has 0 radical (unpaired) electrons. The van der Waals surface area contributed by atoms with E-state index in [4.69, 9.17) is 10.1 Å². The number of pyridine rings is 1. The Bertz CT molecular complexity index is 2100. The van der Waals surface area contributed by atoms with Gasteiger partial charge >= 0.3 is 0 Å². The van der Waals surface area contributed by atoms with Gasteiger partial charge in [-0.1, -0.05) is 103 Å². The molecule has 0 bridgehead atoms. The zero-order chi connectivity index (χ0) is 27.9. The Kier molecular flexibility index (Phi) is 5.71. The highest BCUT2D eigenvalue weighted by Gasteiger charge is 2.18. The van der Waals surface area contributed by atoms with Crippen molar-refractivity contribution in [3.63, 3.8) is 0 Å². The number of rotatable bonds is 5. The first-order valence-electron chi connectivity index (χ1n) is 14.0. The van der Waals surface area contributed by atoms with Crippen molar-refractivity contribution < 1.29 is 0 Å². The van der Waals surface area contributed by atoms with Gasteiger partial charge in [0.2, 0.25) is 0 Å². The topological polar surface area (TPSA) is 48.5 Å². The second-order valence-electron chi connectivity index (χ2n) is 10.2. The molecule has 0 atom stereocenters. The minimum Gasteiger partial charge on any atom is -0.309 e. The van der Waals surface area contributed by atoms with Gasteiger partial charge in [0.25, 0.3) is 0 Å². The molecule has 3 heterocycles. The predicted octanol–water partition coefficient (Wildman–Crippen LogP) is 8.76. The molecule has 0 aliphatic rings. The molecule has 0 fully saturated rings. The summed E-state index contributed by atoms with van der Waals surface area (Å²) in [4.78, 5) is 9.50. The quantitative estimate of drug-likeness (QED) is 0.220. The molecule has 198 valence electrons. The van der Waals surface area contributed by atoms with E-state index in [1.165, 1.54) is 27.4 Å².